The van der Waals surface area contributed by atoms with Gasteiger partial charge in [0.1, 0.15) is 0 Å². The minimum Gasteiger partial charge on any atom is -0.278 e. The number of aryl methyl sites for hydroxylation is 2. The van der Waals surface area contributed by atoms with E-state index in [0.717, 1.165) is 56.4 Å². The zero-order chi connectivity index (χ0) is 20.5. The summed E-state index contributed by atoms with van der Waals surface area (Å²) in [5, 5.41) is 14.0. The molecule has 0 bridgehead atoms. The molecule has 5 aromatic rings. The molecular formula is C24H20N6. The molecule has 2 N–H and O–H groups in total. The van der Waals surface area contributed by atoms with Gasteiger partial charge in [-0.3, -0.25) is 10.2 Å². The Morgan fingerprint density at radius 1 is 0.500 bits per heavy atom. The van der Waals surface area contributed by atoms with Crippen molar-refractivity contribution in [2.75, 3.05) is 0 Å². The van der Waals surface area contributed by atoms with Crippen LogP contribution in [0.15, 0.2) is 73.1 Å². The Bertz CT molecular complexity index is 1170. The third-order valence-corrected chi connectivity index (χ3v) is 5.18. The molecular weight excluding hydrogens is 372 g/mol. The van der Waals surface area contributed by atoms with Gasteiger partial charge in [0.15, 0.2) is 0 Å². The summed E-state index contributed by atoms with van der Waals surface area (Å²) in [6.07, 6.45) is 3.50. The highest BCUT2D eigenvalue weighted by molar-refractivity contribution is 5.71. The summed E-state index contributed by atoms with van der Waals surface area (Å²) in [6, 6.07) is 20.5. The van der Waals surface area contributed by atoms with E-state index in [1.807, 2.05) is 26.0 Å². The molecule has 0 aliphatic rings. The smallest absolute Gasteiger partial charge is 0.0918 e. The van der Waals surface area contributed by atoms with Crippen LogP contribution in [0.2, 0.25) is 0 Å². The minimum absolute atomic E-state index is 0.904. The first-order valence-electron chi connectivity index (χ1n) is 9.74. The zero-order valence-corrected chi connectivity index (χ0v) is 16.7. The lowest BCUT2D eigenvalue weighted by Gasteiger charge is -2.11. The average molecular weight is 392 g/mol. The number of nitrogens with one attached hydrogen (secondary N) is 2. The van der Waals surface area contributed by atoms with Crippen LogP contribution in [0.1, 0.15) is 11.4 Å². The molecule has 0 unspecified atom stereocenters. The molecule has 0 saturated heterocycles. The summed E-state index contributed by atoms with van der Waals surface area (Å²) in [4.78, 5) is 9.77. The van der Waals surface area contributed by atoms with Gasteiger partial charge < -0.3 is 0 Å². The van der Waals surface area contributed by atoms with Crippen molar-refractivity contribution in [2.45, 2.75) is 13.8 Å². The van der Waals surface area contributed by atoms with E-state index in [-0.39, 0.29) is 0 Å². The summed E-state index contributed by atoms with van der Waals surface area (Å²) in [7, 11) is 0. The van der Waals surface area contributed by atoms with E-state index in [9.17, 15) is 0 Å². The summed E-state index contributed by atoms with van der Waals surface area (Å²) in [5.41, 5.74) is 9.89. The molecule has 5 rings (SSSR count). The van der Waals surface area contributed by atoms with E-state index in [1.54, 1.807) is 12.4 Å². The highest BCUT2D eigenvalue weighted by Crippen LogP contribution is 2.29. The summed E-state index contributed by atoms with van der Waals surface area (Å²) < 4.78 is 0. The van der Waals surface area contributed by atoms with E-state index in [1.165, 1.54) is 0 Å². The van der Waals surface area contributed by atoms with Gasteiger partial charge in [-0.25, -0.2) is 9.97 Å². The highest BCUT2D eigenvalue weighted by atomic mass is 15.1. The third-order valence-electron chi connectivity index (χ3n) is 5.18. The first-order valence-corrected chi connectivity index (χ1v) is 9.74. The van der Waals surface area contributed by atoms with E-state index in [0.29, 0.717) is 0 Å². The third kappa shape index (κ3) is 3.28. The maximum absolute atomic E-state index is 4.89. The molecule has 0 spiro atoms. The van der Waals surface area contributed by atoms with Crippen molar-refractivity contribution >= 4 is 0 Å². The van der Waals surface area contributed by atoms with E-state index in [2.05, 4.69) is 68.9 Å². The number of nitrogens with zero attached hydrogens (tertiary/aromatic N) is 4. The van der Waals surface area contributed by atoms with Crippen LogP contribution in [0.4, 0.5) is 0 Å². The maximum Gasteiger partial charge on any atom is 0.0918 e. The van der Waals surface area contributed by atoms with Crippen molar-refractivity contribution < 1.29 is 0 Å². The molecule has 0 amide bonds. The van der Waals surface area contributed by atoms with Gasteiger partial charge in [-0.1, -0.05) is 48.5 Å². The molecule has 0 saturated carbocycles. The largest absolute Gasteiger partial charge is 0.278 e. The van der Waals surface area contributed by atoms with Gasteiger partial charge in [0.2, 0.25) is 0 Å². The fraction of sp³-hybridized carbons (Fsp3) is 0.0833. The quantitative estimate of drug-likeness (QED) is 0.440. The monoisotopic (exact) mass is 392 g/mol. The molecule has 3 aromatic heterocycles. The van der Waals surface area contributed by atoms with Crippen LogP contribution in [0, 0.1) is 13.8 Å². The first-order chi connectivity index (χ1) is 14.7. The molecule has 0 fully saturated rings. The Morgan fingerprint density at radius 2 is 0.867 bits per heavy atom. The standard InChI is InChI=1S/C24H20N6/c1-15-23(19-7-3-17(4-8-19)21-11-13-25-29-21)28-16(2)24(27-15)20-9-5-18(6-10-20)22-12-14-26-30-22/h3-14H,1-2H3,(H,25,29)(H,26,30). The van der Waals surface area contributed by atoms with Crippen LogP contribution < -0.4 is 0 Å². The van der Waals surface area contributed by atoms with Gasteiger partial charge in [-0.05, 0) is 37.1 Å². The number of benzene rings is 2. The second-order valence-electron chi connectivity index (χ2n) is 7.19. The molecule has 0 atom stereocenters. The van der Waals surface area contributed by atoms with Gasteiger partial charge >= 0.3 is 0 Å². The summed E-state index contributed by atoms with van der Waals surface area (Å²) >= 11 is 0. The lowest BCUT2D eigenvalue weighted by Crippen LogP contribution is -1.99. The van der Waals surface area contributed by atoms with Crippen molar-refractivity contribution in [3.8, 4) is 45.0 Å². The number of H-pyrrole nitrogens is 2. The predicted octanol–water partition coefficient (Wildman–Crippen LogP) is 5.21. The molecule has 146 valence electrons. The molecule has 2 aromatic carbocycles. The van der Waals surface area contributed by atoms with Crippen LogP contribution in [0.25, 0.3) is 45.0 Å². The fourth-order valence-electron chi connectivity index (χ4n) is 3.60. The van der Waals surface area contributed by atoms with Crippen LogP contribution in [0.5, 0.6) is 0 Å². The van der Waals surface area contributed by atoms with Gasteiger partial charge in [0.05, 0.1) is 34.2 Å². The Balaban J connectivity index is 1.46. The lowest BCUT2D eigenvalue weighted by molar-refractivity contribution is 1.08. The van der Waals surface area contributed by atoms with Crippen molar-refractivity contribution in [2.24, 2.45) is 0 Å². The minimum atomic E-state index is 0.904. The second-order valence-corrected chi connectivity index (χ2v) is 7.19. The number of aromatic amines is 2. The molecule has 0 aliphatic heterocycles. The average Bonchev–Trinajstić information content (AvgIpc) is 3.50. The molecule has 3 heterocycles. The normalized spacial score (nSPS) is 11.0. The van der Waals surface area contributed by atoms with Gasteiger partial charge in [0.25, 0.3) is 0 Å². The van der Waals surface area contributed by atoms with Crippen molar-refractivity contribution in [3.63, 3.8) is 0 Å². The Morgan fingerprint density at radius 3 is 1.20 bits per heavy atom. The highest BCUT2D eigenvalue weighted by Gasteiger charge is 2.12. The van der Waals surface area contributed by atoms with Gasteiger partial charge in [0, 0.05) is 23.5 Å². The van der Waals surface area contributed by atoms with Gasteiger partial charge in [-0.2, -0.15) is 10.2 Å². The number of hydrogen-bond donors (Lipinski definition) is 2. The summed E-state index contributed by atoms with van der Waals surface area (Å²) in [5.74, 6) is 0. The lowest BCUT2D eigenvalue weighted by atomic mass is 10.0. The molecule has 6 nitrogen and oxygen atoms in total. The number of aromatic nitrogens is 6. The predicted molar refractivity (Wildman–Crippen MR) is 118 cm³/mol. The van der Waals surface area contributed by atoms with Crippen LogP contribution in [-0.4, -0.2) is 30.4 Å². The Kier molecular flexibility index (Phi) is 4.44. The van der Waals surface area contributed by atoms with Crippen LogP contribution >= 0.6 is 0 Å². The van der Waals surface area contributed by atoms with Crippen molar-refractivity contribution in [1.82, 2.24) is 30.4 Å². The molecule has 0 aliphatic carbocycles. The van der Waals surface area contributed by atoms with E-state index >= 15 is 0 Å². The second kappa shape index (κ2) is 7.40. The topological polar surface area (TPSA) is 83.1 Å². The number of hydrogen-bond acceptors (Lipinski definition) is 4. The summed E-state index contributed by atoms with van der Waals surface area (Å²) in [6.45, 7) is 4.01. The van der Waals surface area contributed by atoms with Crippen molar-refractivity contribution in [1.29, 1.82) is 0 Å². The van der Waals surface area contributed by atoms with Crippen LogP contribution in [-0.2, 0) is 0 Å². The van der Waals surface area contributed by atoms with E-state index in [4.69, 9.17) is 9.97 Å². The van der Waals surface area contributed by atoms with Gasteiger partial charge in [-0.15, -0.1) is 0 Å². The molecule has 30 heavy (non-hydrogen) atoms. The maximum atomic E-state index is 4.89. The number of rotatable bonds is 4. The molecule has 6 heteroatoms. The van der Waals surface area contributed by atoms with Crippen LogP contribution in [0.3, 0.4) is 0 Å². The van der Waals surface area contributed by atoms with E-state index < -0.39 is 0 Å². The zero-order valence-electron chi connectivity index (χ0n) is 16.7. The Hall–Kier alpha value is -4.06. The SMILES string of the molecule is Cc1nc(-c2ccc(-c3ccn[nH]3)cc2)c(C)nc1-c1ccc(-c2ccn[nH]2)cc1. The fourth-order valence-corrected chi connectivity index (χ4v) is 3.60. The van der Waals surface area contributed by atoms with Crippen molar-refractivity contribution in [3.05, 3.63) is 84.4 Å². The molecule has 0 radical (unpaired) electrons. The first kappa shape index (κ1) is 18.0. The Labute approximate surface area is 174 Å².